The van der Waals surface area contributed by atoms with Crippen molar-refractivity contribution in [3.63, 3.8) is 0 Å². The van der Waals surface area contributed by atoms with Crippen LogP contribution in [0, 0.1) is 11.8 Å². The maximum Gasteiger partial charge on any atom is 0.209 e. The van der Waals surface area contributed by atoms with Crippen molar-refractivity contribution in [2.45, 2.75) is 78.9 Å². The highest BCUT2D eigenvalue weighted by Crippen LogP contribution is 2.48. The van der Waals surface area contributed by atoms with Gasteiger partial charge in [-0.25, -0.2) is 0 Å². The number of hydrogen-bond acceptors (Lipinski definition) is 2. The molecule has 0 aromatic heterocycles. The first-order chi connectivity index (χ1) is 13.2. The fraction of sp³-hybridized carbons (Fsp3) is 0.667. The fourth-order valence-electron chi connectivity index (χ4n) is 3.81. The predicted molar refractivity (Wildman–Crippen MR) is 123 cm³/mol. The van der Waals surface area contributed by atoms with E-state index in [9.17, 15) is 0 Å². The van der Waals surface area contributed by atoms with E-state index in [0.717, 1.165) is 38.5 Å². The van der Waals surface area contributed by atoms with Crippen LogP contribution in [0.2, 0.25) is 0 Å². The molecule has 4 heteroatoms. The molecule has 0 aliphatic heterocycles. The van der Waals surface area contributed by atoms with Gasteiger partial charge in [0.15, 0.2) is 0 Å². The van der Waals surface area contributed by atoms with E-state index in [-0.39, 0.29) is 5.92 Å². The maximum atomic E-state index is 6.44. The summed E-state index contributed by atoms with van der Waals surface area (Å²) >= 11 is 12.9. The number of ether oxygens (including phenoxy) is 2. The summed E-state index contributed by atoms with van der Waals surface area (Å²) in [5.41, 5.74) is 4.28. The summed E-state index contributed by atoms with van der Waals surface area (Å²) in [6, 6.07) is 0. The molecule has 0 spiro atoms. The molecule has 0 saturated heterocycles. The molecule has 0 aromatic rings. The molecular weight excluding hydrogens is 391 g/mol. The van der Waals surface area contributed by atoms with Gasteiger partial charge in [-0.2, -0.15) is 0 Å². The standard InChI is InChI=1S/C24H38Cl2O2/c1-17(2)10-8-11-18(3)12-9-13-19(4)14-15-21-16-22(25)23(26)24(27-6,28-7)20(21)5/h10,12,14,20-21H,8-9,11,13,15-16H2,1-7H3/b18-12+,19-14+. The molecule has 1 aliphatic rings. The van der Waals surface area contributed by atoms with Crippen molar-refractivity contribution in [1.29, 1.82) is 0 Å². The molecular formula is C24H38Cl2O2. The Morgan fingerprint density at radius 1 is 0.964 bits per heavy atom. The van der Waals surface area contributed by atoms with Crippen molar-refractivity contribution in [3.05, 3.63) is 45.0 Å². The van der Waals surface area contributed by atoms with Crippen LogP contribution in [0.3, 0.4) is 0 Å². The summed E-state index contributed by atoms with van der Waals surface area (Å²) in [7, 11) is 3.25. The van der Waals surface area contributed by atoms with Crippen molar-refractivity contribution in [2.24, 2.45) is 11.8 Å². The molecule has 2 atom stereocenters. The smallest absolute Gasteiger partial charge is 0.209 e. The van der Waals surface area contributed by atoms with Gasteiger partial charge in [0.05, 0.1) is 5.03 Å². The second-order valence-electron chi connectivity index (χ2n) is 8.24. The van der Waals surface area contributed by atoms with Crippen LogP contribution in [0.4, 0.5) is 0 Å². The van der Waals surface area contributed by atoms with E-state index in [1.54, 1.807) is 14.2 Å². The van der Waals surface area contributed by atoms with Crippen molar-refractivity contribution < 1.29 is 9.47 Å². The minimum atomic E-state index is -0.936. The van der Waals surface area contributed by atoms with Gasteiger partial charge in [0.25, 0.3) is 0 Å². The Morgan fingerprint density at radius 3 is 2.04 bits per heavy atom. The van der Waals surface area contributed by atoms with Crippen LogP contribution in [0.15, 0.2) is 45.0 Å². The molecule has 0 radical (unpaired) electrons. The van der Waals surface area contributed by atoms with Gasteiger partial charge in [-0.1, -0.05) is 65.1 Å². The first-order valence-electron chi connectivity index (χ1n) is 10.3. The van der Waals surface area contributed by atoms with Crippen molar-refractivity contribution in [2.75, 3.05) is 14.2 Å². The van der Waals surface area contributed by atoms with Crippen LogP contribution in [-0.2, 0) is 9.47 Å². The van der Waals surface area contributed by atoms with E-state index in [0.29, 0.717) is 16.0 Å². The molecule has 0 fully saturated rings. The van der Waals surface area contributed by atoms with Crippen LogP contribution in [0.1, 0.15) is 73.1 Å². The Hall–Kier alpha value is -0.540. The Balaban J connectivity index is 2.62. The zero-order valence-electron chi connectivity index (χ0n) is 18.7. The third kappa shape index (κ3) is 7.06. The monoisotopic (exact) mass is 428 g/mol. The Bertz CT molecular complexity index is 621. The minimum absolute atomic E-state index is 0.124. The summed E-state index contributed by atoms with van der Waals surface area (Å²) in [5, 5.41) is 1.13. The van der Waals surface area contributed by atoms with E-state index < -0.39 is 5.79 Å². The normalized spacial score (nSPS) is 23.2. The lowest BCUT2D eigenvalue weighted by molar-refractivity contribution is -0.218. The van der Waals surface area contributed by atoms with Gasteiger partial charge in [-0.15, -0.1) is 0 Å². The zero-order valence-corrected chi connectivity index (χ0v) is 20.2. The molecule has 0 aromatic carbocycles. The number of methoxy groups -OCH3 is 2. The van der Waals surface area contributed by atoms with E-state index in [1.807, 2.05) is 0 Å². The minimum Gasteiger partial charge on any atom is -0.348 e. The summed E-state index contributed by atoms with van der Waals surface area (Å²) in [5.74, 6) is -0.473. The third-order valence-corrected chi connectivity index (χ3v) is 6.72. The second-order valence-corrected chi connectivity index (χ2v) is 9.08. The summed E-state index contributed by atoms with van der Waals surface area (Å²) in [6.45, 7) is 10.9. The quantitative estimate of drug-likeness (QED) is 0.258. The van der Waals surface area contributed by atoms with Crippen LogP contribution in [0.25, 0.3) is 0 Å². The van der Waals surface area contributed by atoms with E-state index in [2.05, 4.69) is 52.8 Å². The molecule has 2 unspecified atom stereocenters. The topological polar surface area (TPSA) is 18.5 Å². The van der Waals surface area contributed by atoms with Crippen LogP contribution in [0.5, 0.6) is 0 Å². The van der Waals surface area contributed by atoms with E-state index in [1.165, 1.54) is 16.7 Å². The molecule has 0 heterocycles. The lowest BCUT2D eigenvalue weighted by atomic mass is 9.77. The second kappa shape index (κ2) is 12.2. The number of allylic oxidation sites excluding steroid dienone is 7. The fourth-order valence-corrected chi connectivity index (χ4v) is 4.54. The van der Waals surface area contributed by atoms with Crippen molar-refractivity contribution in [3.8, 4) is 0 Å². The van der Waals surface area contributed by atoms with E-state index >= 15 is 0 Å². The number of hydrogen-bond donors (Lipinski definition) is 0. The highest BCUT2D eigenvalue weighted by Gasteiger charge is 2.48. The van der Waals surface area contributed by atoms with Crippen molar-refractivity contribution in [1.82, 2.24) is 0 Å². The maximum absolute atomic E-state index is 6.44. The summed E-state index contributed by atoms with van der Waals surface area (Å²) in [4.78, 5) is 0. The zero-order chi connectivity index (χ0) is 21.3. The van der Waals surface area contributed by atoms with Crippen molar-refractivity contribution >= 4 is 23.2 Å². The molecule has 0 saturated carbocycles. The number of rotatable bonds is 10. The highest BCUT2D eigenvalue weighted by molar-refractivity contribution is 6.39. The van der Waals surface area contributed by atoms with E-state index in [4.69, 9.17) is 32.7 Å². The molecule has 160 valence electrons. The van der Waals surface area contributed by atoms with Gasteiger partial charge >= 0.3 is 0 Å². The molecule has 2 nitrogen and oxygen atoms in total. The van der Waals surface area contributed by atoms with Gasteiger partial charge in [0, 0.05) is 25.2 Å². The molecule has 28 heavy (non-hydrogen) atoms. The Kier molecular flexibility index (Phi) is 11.1. The lowest BCUT2D eigenvalue weighted by Crippen LogP contribution is -2.47. The van der Waals surface area contributed by atoms with Gasteiger partial charge in [0.1, 0.15) is 0 Å². The van der Waals surface area contributed by atoms with Gasteiger partial charge in [0.2, 0.25) is 5.79 Å². The first-order valence-corrected chi connectivity index (χ1v) is 11.0. The number of halogens is 2. The van der Waals surface area contributed by atoms with Crippen LogP contribution < -0.4 is 0 Å². The first kappa shape index (κ1) is 25.5. The summed E-state index contributed by atoms with van der Waals surface area (Å²) in [6.07, 6.45) is 13.2. The molecule has 1 rings (SSSR count). The average Bonchev–Trinajstić information content (AvgIpc) is 2.64. The van der Waals surface area contributed by atoms with Gasteiger partial charge in [-0.05, 0) is 72.1 Å². The largest absolute Gasteiger partial charge is 0.348 e. The van der Waals surface area contributed by atoms with Gasteiger partial charge < -0.3 is 9.47 Å². The molecule has 0 amide bonds. The third-order valence-electron chi connectivity index (χ3n) is 5.79. The van der Waals surface area contributed by atoms with Crippen LogP contribution >= 0.6 is 23.2 Å². The predicted octanol–water partition coefficient (Wildman–Crippen LogP) is 8.13. The average molecular weight is 429 g/mol. The highest BCUT2D eigenvalue weighted by atomic mass is 35.5. The lowest BCUT2D eigenvalue weighted by Gasteiger charge is -2.43. The Labute approximate surface area is 182 Å². The molecule has 0 bridgehead atoms. The summed E-state index contributed by atoms with van der Waals surface area (Å²) < 4.78 is 11.3. The molecule has 1 aliphatic carbocycles. The SMILES string of the molecule is COC1(OC)C(Cl)=C(Cl)CC(C/C=C(\C)CC/C=C(\C)CCC=C(C)C)C1C. The Morgan fingerprint density at radius 2 is 1.50 bits per heavy atom. The van der Waals surface area contributed by atoms with Crippen LogP contribution in [-0.4, -0.2) is 20.0 Å². The molecule has 0 N–H and O–H groups in total. The van der Waals surface area contributed by atoms with Gasteiger partial charge in [-0.3, -0.25) is 0 Å².